The number of halogens is 2. The number of hydrogen-bond donors (Lipinski definition) is 0. The molecule has 0 saturated heterocycles. The van der Waals surface area contributed by atoms with E-state index < -0.39 is 0 Å². The molecular weight excluding hydrogens is 400 g/mol. The maximum Gasteiger partial charge on any atom is 0.0529 e. The lowest BCUT2D eigenvalue weighted by Crippen LogP contribution is -1.72. The summed E-state index contributed by atoms with van der Waals surface area (Å²) in [5.74, 6) is 0. The fourth-order valence-electron chi connectivity index (χ4n) is 1.59. The molecule has 86 valence electrons. The molecule has 0 atom stereocenters. The van der Waals surface area contributed by atoms with Gasteiger partial charge in [0.1, 0.15) is 0 Å². The first-order chi connectivity index (χ1) is 8.27. The summed E-state index contributed by atoms with van der Waals surface area (Å²) in [5, 5.41) is 6.40. The van der Waals surface area contributed by atoms with Gasteiger partial charge in [-0.25, -0.2) is 0 Å². The van der Waals surface area contributed by atoms with E-state index in [0.717, 1.165) is 8.95 Å². The Hall–Kier alpha value is 0.0600. The van der Waals surface area contributed by atoms with Gasteiger partial charge in [0.2, 0.25) is 0 Å². The first kappa shape index (κ1) is 12.1. The smallest absolute Gasteiger partial charge is 0.0529 e. The predicted molar refractivity (Wildman–Crippen MR) is 86.3 cm³/mol. The fourth-order valence-corrected chi connectivity index (χ4v) is 5.66. The van der Waals surface area contributed by atoms with Crippen molar-refractivity contribution in [2.45, 2.75) is 0 Å². The van der Waals surface area contributed by atoms with Crippen molar-refractivity contribution in [1.82, 2.24) is 0 Å². The zero-order chi connectivity index (χ0) is 11.8. The molecule has 3 heterocycles. The molecule has 3 aromatic heterocycles. The Morgan fingerprint density at radius 1 is 0.882 bits per heavy atom. The topological polar surface area (TPSA) is 0 Å². The molecule has 0 bridgehead atoms. The Morgan fingerprint density at radius 3 is 2.41 bits per heavy atom. The van der Waals surface area contributed by atoms with E-state index in [2.05, 4.69) is 66.2 Å². The van der Waals surface area contributed by atoms with Crippen LogP contribution in [0.5, 0.6) is 0 Å². The van der Waals surface area contributed by atoms with Crippen LogP contribution in [0.25, 0.3) is 20.2 Å². The summed E-state index contributed by atoms with van der Waals surface area (Å²) in [5.41, 5.74) is 1.32. The van der Waals surface area contributed by atoms with Gasteiger partial charge >= 0.3 is 0 Å². The quantitative estimate of drug-likeness (QED) is 0.443. The third kappa shape index (κ3) is 2.19. The van der Waals surface area contributed by atoms with Crippen LogP contribution in [-0.4, -0.2) is 0 Å². The molecule has 0 saturated carbocycles. The minimum Gasteiger partial charge on any atom is -0.143 e. The molecule has 0 aromatic carbocycles. The van der Waals surface area contributed by atoms with E-state index in [-0.39, 0.29) is 0 Å². The fraction of sp³-hybridized carbons (Fsp3) is 0. The number of thiophene rings is 3. The van der Waals surface area contributed by atoms with Crippen LogP contribution in [0, 0.1) is 0 Å². The van der Waals surface area contributed by atoms with Gasteiger partial charge in [0.15, 0.2) is 0 Å². The van der Waals surface area contributed by atoms with Crippen molar-refractivity contribution in [2.75, 3.05) is 0 Å². The molecule has 5 heteroatoms. The van der Waals surface area contributed by atoms with E-state index in [1.165, 1.54) is 20.2 Å². The second-order valence-electron chi connectivity index (χ2n) is 3.37. The molecule has 0 nitrogen and oxygen atoms in total. The van der Waals surface area contributed by atoms with Crippen LogP contribution in [0.3, 0.4) is 0 Å². The van der Waals surface area contributed by atoms with Crippen LogP contribution in [0.4, 0.5) is 0 Å². The van der Waals surface area contributed by atoms with E-state index in [0.29, 0.717) is 0 Å². The summed E-state index contributed by atoms with van der Waals surface area (Å²) in [4.78, 5) is 3.99. The van der Waals surface area contributed by atoms with E-state index in [1.807, 2.05) is 0 Å². The lowest BCUT2D eigenvalue weighted by atomic mass is 10.2. The third-order valence-electron chi connectivity index (χ3n) is 2.34. The first-order valence-electron chi connectivity index (χ1n) is 4.81. The minimum atomic E-state index is 1.13. The van der Waals surface area contributed by atoms with Gasteiger partial charge in [-0.05, 0) is 54.8 Å². The molecule has 0 fully saturated rings. The van der Waals surface area contributed by atoms with Gasteiger partial charge in [-0.2, -0.15) is 0 Å². The van der Waals surface area contributed by atoms with Crippen molar-refractivity contribution in [3.63, 3.8) is 0 Å². The van der Waals surface area contributed by atoms with Gasteiger partial charge in [-0.15, -0.1) is 34.0 Å². The Balaban J connectivity index is 2.17. The van der Waals surface area contributed by atoms with Crippen LogP contribution >= 0.6 is 65.9 Å². The zero-order valence-electron chi connectivity index (χ0n) is 8.44. The van der Waals surface area contributed by atoms with Gasteiger partial charge in [0.05, 0.1) is 14.2 Å². The summed E-state index contributed by atoms with van der Waals surface area (Å²) in [6.07, 6.45) is 0. The molecule has 0 aliphatic rings. The van der Waals surface area contributed by atoms with Crippen LogP contribution in [0.2, 0.25) is 0 Å². The molecule has 0 radical (unpaired) electrons. The van der Waals surface area contributed by atoms with Gasteiger partial charge < -0.3 is 0 Å². The van der Waals surface area contributed by atoms with Gasteiger partial charge in [-0.3, -0.25) is 0 Å². The molecule has 0 amide bonds. The highest BCUT2D eigenvalue weighted by Crippen LogP contribution is 2.46. The molecule has 0 spiro atoms. The van der Waals surface area contributed by atoms with E-state index in [4.69, 9.17) is 0 Å². The van der Waals surface area contributed by atoms with E-state index in [9.17, 15) is 0 Å². The highest BCUT2D eigenvalue weighted by Gasteiger charge is 2.15. The van der Waals surface area contributed by atoms with Crippen molar-refractivity contribution < 1.29 is 0 Å². The van der Waals surface area contributed by atoms with Crippen molar-refractivity contribution in [2.24, 2.45) is 0 Å². The maximum atomic E-state index is 3.64. The van der Waals surface area contributed by atoms with Crippen molar-refractivity contribution in [3.8, 4) is 20.2 Å². The monoisotopic (exact) mass is 404 g/mol. The SMILES string of the molecule is Brc1csc(-c2ccsc2-c2cccs2)c1Br. The highest BCUT2D eigenvalue weighted by atomic mass is 79.9. The highest BCUT2D eigenvalue weighted by molar-refractivity contribution is 9.13. The summed E-state index contributed by atoms with van der Waals surface area (Å²) in [6, 6.07) is 6.47. The third-order valence-corrected chi connectivity index (χ3v) is 7.87. The van der Waals surface area contributed by atoms with E-state index >= 15 is 0 Å². The molecular formula is C12H6Br2S3. The Labute approximate surface area is 128 Å². The largest absolute Gasteiger partial charge is 0.143 e. The van der Waals surface area contributed by atoms with Crippen molar-refractivity contribution in [3.05, 3.63) is 43.3 Å². The molecule has 0 aliphatic heterocycles. The van der Waals surface area contributed by atoms with Gasteiger partial charge in [-0.1, -0.05) is 6.07 Å². The summed E-state index contributed by atoms with van der Waals surface area (Å²) < 4.78 is 2.28. The average Bonchev–Trinajstić information content (AvgIpc) is 3.01. The van der Waals surface area contributed by atoms with Gasteiger partial charge in [0.25, 0.3) is 0 Å². The van der Waals surface area contributed by atoms with Crippen LogP contribution in [-0.2, 0) is 0 Å². The molecule has 17 heavy (non-hydrogen) atoms. The van der Waals surface area contributed by atoms with Crippen LogP contribution < -0.4 is 0 Å². The Morgan fingerprint density at radius 2 is 1.76 bits per heavy atom. The van der Waals surface area contributed by atoms with Crippen molar-refractivity contribution >= 4 is 65.9 Å². The predicted octanol–water partition coefficient (Wildman–Crippen LogP) is 6.73. The maximum absolute atomic E-state index is 3.64. The first-order valence-corrected chi connectivity index (χ1v) is 9.04. The second-order valence-corrected chi connectivity index (χ2v) is 7.76. The molecule has 0 unspecified atom stereocenters. The van der Waals surface area contributed by atoms with Gasteiger partial charge in [0, 0.05) is 20.3 Å². The van der Waals surface area contributed by atoms with Crippen LogP contribution in [0.1, 0.15) is 0 Å². The number of rotatable bonds is 2. The molecule has 0 aliphatic carbocycles. The van der Waals surface area contributed by atoms with Crippen molar-refractivity contribution in [1.29, 1.82) is 0 Å². The Bertz CT molecular complexity index is 635. The second kappa shape index (κ2) is 4.97. The average molecular weight is 406 g/mol. The lowest BCUT2D eigenvalue weighted by molar-refractivity contribution is 1.75. The van der Waals surface area contributed by atoms with E-state index in [1.54, 1.807) is 34.0 Å². The molecule has 3 rings (SSSR count). The molecule has 0 N–H and O–H groups in total. The Kier molecular flexibility index (Phi) is 3.54. The summed E-state index contributed by atoms with van der Waals surface area (Å²) in [6.45, 7) is 0. The van der Waals surface area contributed by atoms with Crippen LogP contribution in [0.15, 0.2) is 43.3 Å². The lowest BCUT2D eigenvalue weighted by Gasteiger charge is -2.00. The molecule has 3 aromatic rings. The summed E-state index contributed by atoms with van der Waals surface area (Å²) in [7, 11) is 0. The number of hydrogen-bond acceptors (Lipinski definition) is 3. The minimum absolute atomic E-state index is 1.13. The normalized spacial score (nSPS) is 10.9. The zero-order valence-corrected chi connectivity index (χ0v) is 14.1. The standard InChI is InChI=1S/C12H6Br2S3/c13-8-6-17-12(10(8)14)7-3-5-16-11(7)9-2-1-4-15-9/h1-6H. The summed E-state index contributed by atoms with van der Waals surface area (Å²) >= 11 is 12.5.